The van der Waals surface area contributed by atoms with E-state index in [1.54, 1.807) is 7.11 Å². The number of benzene rings is 1. The Bertz CT molecular complexity index is 555. The van der Waals surface area contributed by atoms with Crippen LogP contribution in [0, 0.1) is 5.41 Å². The zero-order chi connectivity index (χ0) is 17.7. The normalized spacial score (nSPS) is 23.6. The summed E-state index contributed by atoms with van der Waals surface area (Å²) in [5.41, 5.74) is 1.76. The number of rotatable bonds is 4. The fourth-order valence-electron chi connectivity index (χ4n) is 4.44. The minimum absolute atomic E-state index is 0.198. The number of carbonyl (C=O) groups is 1. The van der Waals surface area contributed by atoms with Gasteiger partial charge in [-0.15, -0.1) is 0 Å². The van der Waals surface area contributed by atoms with Gasteiger partial charge in [0.15, 0.2) is 0 Å². The topological polar surface area (TPSA) is 42.0 Å². The van der Waals surface area contributed by atoms with Crippen LogP contribution in [-0.2, 0) is 9.47 Å². The molecule has 0 unspecified atom stereocenters. The average Bonchev–Trinajstić information content (AvgIpc) is 2.62. The van der Waals surface area contributed by atoms with E-state index in [-0.39, 0.29) is 6.09 Å². The van der Waals surface area contributed by atoms with Crippen LogP contribution < -0.4 is 0 Å². The molecule has 25 heavy (non-hydrogen) atoms. The smallest absolute Gasteiger partial charge is 0.409 e. The summed E-state index contributed by atoms with van der Waals surface area (Å²) in [6.07, 6.45) is 3.13. The fraction of sp³-hybridized carbons (Fsp3) is 0.650. The molecule has 5 nitrogen and oxygen atoms in total. The van der Waals surface area contributed by atoms with E-state index in [0.717, 1.165) is 39.0 Å². The second kappa shape index (κ2) is 8.19. The van der Waals surface area contributed by atoms with Gasteiger partial charge in [-0.05, 0) is 43.2 Å². The van der Waals surface area contributed by atoms with Crippen molar-refractivity contribution in [2.75, 3.05) is 53.6 Å². The van der Waals surface area contributed by atoms with Crippen molar-refractivity contribution in [2.45, 2.75) is 25.2 Å². The molecule has 3 rings (SSSR count). The molecular formula is C20H30N2O3. The Balaban J connectivity index is 1.58. The van der Waals surface area contributed by atoms with Crippen LogP contribution in [0.3, 0.4) is 0 Å². The van der Waals surface area contributed by atoms with Gasteiger partial charge in [-0.1, -0.05) is 30.3 Å². The Morgan fingerprint density at radius 2 is 1.92 bits per heavy atom. The number of nitrogens with zero attached hydrogens (tertiary/aromatic N) is 2. The highest BCUT2D eigenvalue weighted by molar-refractivity contribution is 5.67. The van der Waals surface area contributed by atoms with Crippen LogP contribution in [0.25, 0.3) is 0 Å². The first-order chi connectivity index (χ1) is 12.1. The van der Waals surface area contributed by atoms with Crippen molar-refractivity contribution < 1.29 is 14.3 Å². The third-order valence-electron chi connectivity index (χ3n) is 5.68. The lowest BCUT2D eigenvalue weighted by Crippen LogP contribution is -2.51. The zero-order valence-corrected chi connectivity index (χ0v) is 15.4. The van der Waals surface area contributed by atoms with Crippen LogP contribution >= 0.6 is 0 Å². The highest BCUT2D eigenvalue weighted by atomic mass is 16.6. The molecule has 0 aromatic heterocycles. The van der Waals surface area contributed by atoms with Crippen molar-refractivity contribution in [3.8, 4) is 0 Å². The summed E-state index contributed by atoms with van der Waals surface area (Å²) in [6, 6.07) is 10.9. The van der Waals surface area contributed by atoms with Crippen molar-refractivity contribution in [1.29, 1.82) is 0 Å². The standard InChI is InChI=1S/C20H30N2O3/c1-21-15-18(17-6-4-3-5-7-17)14-20(16-21)8-10-22(11-9-20)19(23)25-13-12-24-2/h3-7,18H,8-16H2,1-2H3/t18-/m0/s1. The molecule has 0 aliphatic carbocycles. The molecule has 0 radical (unpaired) electrons. The number of ether oxygens (including phenoxy) is 2. The molecule has 1 atom stereocenters. The quantitative estimate of drug-likeness (QED) is 0.786. The van der Waals surface area contributed by atoms with Crippen molar-refractivity contribution in [3.63, 3.8) is 0 Å². The van der Waals surface area contributed by atoms with Crippen LogP contribution in [0.5, 0.6) is 0 Å². The Morgan fingerprint density at radius 1 is 1.20 bits per heavy atom. The summed E-state index contributed by atoms with van der Waals surface area (Å²) in [7, 11) is 3.84. The number of carbonyl (C=O) groups excluding carboxylic acids is 1. The molecule has 1 spiro atoms. The fourth-order valence-corrected chi connectivity index (χ4v) is 4.44. The van der Waals surface area contributed by atoms with Gasteiger partial charge in [-0.2, -0.15) is 0 Å². The lowest BCUT2D eigenvalue weighted by Gasteiger charge is -2.49. The molecule has 0 N–H and O–H groups in total. The second-order valence-electron chi connectivity index (χ2n) is 7.60. The molecule has 1 aromatic carbocycles. The van der Waals surface area contributed by atoms with E-state index < -0.39 is 0 Å². The monoisotopic (exact) mass is 346 g/mol. The summed E-state index contributed by atoms with van der Waals surface area (Å²) in [4.78, 5) is 16.5. The molecule has 1 aromatic rings. The van der Waals surface area contributed by atoms with E-state index in [0.29, 0.717) is 24.5 Å². The zero-order valence-electron chi connectivity index (χ0n) is 15.4. The molecule has 138 valence electrons. The summed E-state index contributed by atoms with van der Waals surface area (Å²) in [5.74, 6) is 0.583. The summed E-state index contributed by atoms with van der Waals surface area (Å²) in [5, 5.41) is 0. The minimum atomic E-state index is -0.198. The van der Waals surface area contributed by atoms with Crippen molar-refractivity contribution >= 4 is 6.09 Å². The molecular weight excluding hydrogens is 316 g/mol. The van der Waals surface area contributed by atoms with E-state index >= 15 is 0 Å². The number of amides is 1. The first-order valence-corrected chi connectivity index (χ1v) is 9.26. The second-order valence-corrected chi connectivity index (χ2v) is 7.60. The maximum atomic E-state index is 12.1. The van der Waals surface area contributed by atoms with Gasteiger partial charge in [0.2, 0.25) is 0 Å². The molecule has 0 saturated carbocycles. The third-order valence-corrected chi connectivity index (χ3v) is 5.68. The molecule has 2 saturated heterocycles. The highest BCUT2D eigenvalue weighted by Gasteiger charge is 2.42. The number of hydrogen-bond donors (Lipinski definition) is 0. The maximum absolute atomic E-state index is 12.1. The molecule has 2 fully saturated rings. The van der Waals surface area contributed by atoms with Crippen LogP contribution in [0.2, 0.25) is 0 Å². The first-order valence-electron chi connectivity index (χ1n) is 9.26. The lowest BCUT2D eigenvalue weighted by atomic mass is 9.68. The molecule has 5 heteroatoms. The SMILES string of the molecule is COCCOC(=O)N1CCC2(CC1)C[C@H](c1ccccc1)CN(C)C2. The van der Waals surface area contributed by atoms with Crippen molar-refractivity contribution in [3.05, 3.63) is 35.9 Å². The van der Waals surface area contributed by atoms with Gasteiger partial charge in [0.25, 0.3) is 0 Å². The van der Waals surface area contributed by atoms with Gasteiger partial charge >= 0.3 is 6.09 Å². The first kappa shape index (κ1) is 18.2. The number of likely N-dealkylation sites (tertiary alicyclic amines) is 2. The molecule has 2 aliphatic rings. The van der Waals surface area contributed by atoms with Crippen LogP contribution in [0.1, 0.15) is 30.7 Å². The number of methoxy groups -OCH3 is 1. The van der Waals surface area contributed by atoms with E-state index in [4.69, 9.17) is 9.47 Å². The van der Waals surface area contributed by atoms with Crippen LogP contribution in [0.4, 0.5) is 4.79 Å². The Hall–Kier alpha value is -1.59. The lowest BCUT2D eigenvalue weighted by molar-refractivity contribution is 0.0149. The Kier molecular flexibility index (Phi) is 5.97. The van der Waals surface area contributed by atoms with Crippen LogP contribution in [0.15, 0.2) is 30.3 Å². The van der Waals surface area contributed by atoms with E-state index in [2.05, 4.69) is 42.3 Å². The maximum Gasteiger partial charge on any atom is 0.409 e. The predicted molar refractivity (Wildman–Crippen MR) is 97.8 cm³/mol. The van der Waals surface area contributed by atoms with Crippen molar-refractivity contribution in [2.24, 2.45) is 5.41 Å². The largest absolute Gasteiger partial charge is 0.447 e. The molecule has 2 aliphatic heterocycles. The van der Waals surface area contributed by atoms with E-state index in [9.17, 15) is 4.79 Å². The van der Waals surface area contributed by atoms with Gasteiger partial charge in [-0.3, -0.25) is 0 Å². The average molecular weight is 346 g/mol. The molecule has 0 bridgehead atoms. The van der Waals surface area contributed by atoms with Gasteiger partial charge < -0.3 is 19.3 Å². The number of hydrogen-bond acceptors (Lipinski definition) is 4. The third kappa shape index (κ3) is 4.53. The van der Waals surface area contributed by atoms with Crippen LogP contribution in [-0.4, -0.2) is 69.4 Å². The summed E-state index contributed by atoms with van der Waals surface area (Å²) >= 11 is 0. The van der Waals surface area contributed by atoms with Gasteiger partial charge in [0.1, 0.15) is 6.61 Å². The predicted octanol–water partition coefficient (Wildman–Crippen LogP) is 2.97. The summed E-state index contributed by atoms with van der Waals surface area (Å²) in [6.45, 7) is 4.61. The summed E-state index contributed by atoms with van der Waals surface area (Å²) < 4.78 is 10.2. The van der Waals surface area contributed by atoms with Gasteiger partial charge in [0, 0.05) is 33.3 Å². The molecule has 1 amide bonds. The van der Waals surface area contributed by atoms with E-state index in [1.165, 1.54) is 12.0 Å². The number of piperidine rings is 2. The van der Waals surface area contributed by atoms with Gasteiger partial charge in [-0.25, -0.2) is 4.79 Å². The van der Waals surface area contributed by atoms with Crippen molar-refractivity contribution in [1.82, 2.24) is 9.80 Å². The highest BCUT2D eigenvalue weighted by Crippen LogP contribution is 2.44. The minimum Gasteiger partial charge on any atom is -0.447 e. The number of likely N-dealkylation sites (N-methyl/N-ethyl adjacent to an activating group) is 1. The molecule has 2 heterocycles. The van der Waals surface area contributed by atoms with Gasteiger partial charge in [0.05, 0.1) is 6.61 Å². The Morgan fingerprint density at radius 3 is 2.60 bits per heavy atom. The van der Waals surface area contributed by atoms with E-state index in [1.807, 2.05) is 4.90 Å². The Labute approximate surface area is 150 Å².